The van der Waals surface area contributed by atoms with Crippen LogP contribution in [0.3, 0.4) is 0 Å². The summed E-state index contributed by atoms with van der Waals surface area (Å²) in [6.07, 6.45) is 9.04. The highest BCUT2D eigenvalue weighted by atomic mass is 16.2. The van der Waals surface area contributed by atoms with Crippen LogP contribution in [0.5, 0.6) is 0 Å². The SMILES string of the molecule is CNC(=O)C(CCC=O)N(C)Cc1c(C#CCCCNC2CCC(NC)CC2)cccc1C=O. The molecule has 1 unspecified atom stereocenters. The fraction of sp³-hybridized carbons (Fsp3) is 0.593. The zero-order chi connectivity index (χ0) is 24.8. The van der Waals surface area contributed by atoms with Gasteiger partial charge in [-0.2, -0.15) is 0 Å². The van der Waals surface area contributed by atoms with E-state index in [4.69, 9.17) is 0 Å². The number of carbonyl (C=O) groups is 3. The first-order valence-corrected chi connectivity index (χ1v) is 12.4. The van der Waals surface area contributed by atoms with Gasteiger partial charge < -0.3 is 20.7 Å². The summed E-state index contributed by atoms with van der Waals surface area (Å²) in [6, 6.07) is 6.34. The molecule has 0 radical (unpaired) electrons. The lowest BCUT2D eigenvalue weighted by Crippen LogP contribution is -2.43. The first-order chi connectivity index (χ1) is 16.5. The molecule has 1 aromatic carbocycles. The Balaban J connectivity index is 1.96. The van der Waals surface area contributed by atoms with Gasteiger partial charge in [0.05, 0.1) is 6.04 Å². The Morgan fingerprint density at radius 3 is 2.56 bits per heavy atom. The molecule has 0 saturated heterocycles. The number of hydrogen-bond donors (Lipinski definition) is 3. The van der Waals surface area contributed by atoms with E-state index >= 15 is 0 Å². The van der Waals surface area contributed by atoms with Crippen LogP contribution in [0.2, 0.25) is 0 Å². The van der Waals surface area contributed by atoms with Gasteiger partial charge in [0.2, 0.25) is 5.91 Å². The maximum absolute atomic E-state index is 12.3. The van der Waals surface area contributed by atoms with Gasteiger partial charge in [0.25, 0.3) is 0 Å². The smallest absolute Gasteiger partial charge is 0.237 e. The van der Waals surface area contributed by atoms with Crippen LogP contribution in [0.25, 0.3) is 0 Å². The summed E-state index contributed by atoms with van der Waals surface area (Å²) in [7, 11) is 5.46. The molecule has 2 rings (SSSR count). The van der Waals surface area contributed by atoms with Crippen LogP contribution in [-0.2, 0) is 16.1 Å². The van der Waals surface area contributed by atoms with Gasteiger partial charge >= 0.3 is 0 Å². The van der Waals surface area contributed by atoms with Crippen molar-refractivity contribution in [2.75, 3.05) is 27.7 Å². The molecule has 34 heavy (non-hydrogen) atoms. The van der Waals surface area contributed by atoms with Crippen LogP contribution in [0.15, 0.2) is 18.2 Å². The summed E-state index contributed by atoms with van der Waals surface area (Å²) in [6.45, 7) is 1.35. The van der Waals surface area contributed by atoms with Crippen LogP contribution in [0, 0.1) is 11.8 Å². The number of aldehydes is 2. The Morgan fingerprint density at radius 1 is 1.18 bits per heavy atom. The summed E-state index contributed by atoms with van der Waals surface area (Å²) < 4.78 is 0. The lowest BCUT2D eigenvalue weighted by molar-refractivity contribution is -0.126. The molecule has 1 saturated carbocycles. The average molecular weight is 469 g/mol. The molecule has 0 bridgehead atoms. The molecule has 1 fully saturated rings. The Bertz CT molecular complexity index is 853. The number of amides is 1. The van der Waals surface area contributed by atoms with Gasteiger partial charge in [-0.25, -0.2) is 0 Å². The average Bonchev–Trinajstić information content (AvgIpc) is 2.87. The van der Waals surface area contributed by atoms with Crippen molar-refractivity contribution >= 4 is 18.5 Å². The molecule has 0 spiro atoms. The molecule has 1 atom stereocenters. The third kappa shape index (κ3) is 8.68. The lowest BCUT2D eigenvalue weighted by Gasteiger charge is -2.28. The molecule has 7 heteroatoms. The van der Waals surface area contributed by atoms with Crippen LogP contribution in [0.4, 0.5) is 0 Å². The quantitative estimate of drug-likeness (QED) is 0.234. The van der Waals surface area contributed by atoms with Crippen LogP contribution >= 0.6 is 0 Å². The van der Waals surface area contributed by atoms with Crippen LogP contribution in [-0.4, -0.2) is 69.2 Å². The number of unbranched alkanes of at least 4 members (excludes halogenated alkanes) is 1. The summed E-state index contributed by atoms with van der Waals surface area (Å²) >= 11 is 0. The van der Waals surface area contributed by atoms with Crippen LogP contribution in [0.1, 0.15) is 72.9 Å². The standard InChI is InChI=1S/C27H40N4O3/c1-28-23-13-15-24(16-14-23)30-17-6-4-5-9-21-10-7-11-22(20-33)25(21)19-31(3)26(12-8-18-32)27(34)29-2/h7,10-11,18,20,23-24,26,28,30H,4,6,8,12-17,19H2,1-3H3,(H,29,34). The van der Waals surface area contributed by atoms with Gasteiger partial charge in [-0.3, -0.25) is 14.5 Å². The van der Waals surface area contributed by atoms with Crippen molar-refractivity contribution in [3.8, 4) is 11.8 Å². The zero-order valence-electron chi connectivity index (χ0n) is 20.9. The summed E-state index contributed by atoms with van der Waals surface area (Å²) in [5, 5.41) is 9.69. The van der Waals surface area contributed by atoms with Gasteiger partial charge in [0.1, 0.15) is 12.6 Å². The van der Waals surface area contributed by atoms with Crippen molar-refractivity contribution in [1.82, 2.24) is 20.9 Å². The topological polar surface area (TPSA) is 90.5 Å². The normalized spacial score (nSPS) is 18.6. The van der Waals surface area contributed by atoms with E-state index in [-0.39, 0.29) is 5.91 Å². The van der Waals surface area contributed by atoms with Gasteiger partial charge in [0, 0.05) is 49.6 Å². The number of carbonyl (C=O) groups excluding carboxylic acids is 3. The Labute approximate surface area is 204 Å². The highest BCUT2D eigenvalue weighted by Gasteiger charge is 2.23. The molecule has 0 aliphatic heterocycles. The third-order valence-electron chi connectivity index (χ3n) is 6.66. The number of likely N-dealkylation sites (N-methyl/N-ethyl adjacent to an activating group) is 2. The highest BCUT2D eigenvalue weighted by molar-refractivity contribution is 5.82. The number of rotatable bonds is 13. The molecule has 3 N–H and O–H groups in total. The molecule has 1 aliphatic carbocycles. The third-order valence-corrected chi connectivity index (χ3v) is 6.66. The van der Waals surface area contributed by atoms with Crippen molar-refractivity contribution < 1.29 is 14.4 Å². The fourth-order valence-corrected chi connectivity index (χ4v) is 4.54. The lowest BCUT2D eigenvalue weighted by atomic mass is 9.91. The zero-order valence-corrected chi connectivity index (χ0v) is 20.9. The molecular weight excluding hydrogens is 428 g/mol. The Kier molecular flexibility index (Phi) is 12.5. The van der Waals surface area contributed by atoms with Gasteiger partial charge in [-0.1, -0.05) is 24.0 Å². The van der Waals surface area contributed by atoms with Gasteiger partial charge in [-0.15, -0.1) is 0 Å². The van der Waals surface area contributed by atoms with Crippen molar-refractivity contribution in [2.24, 2.45) is 0 Å². The van der Waals surface area contributed by atoms with Gasteiger partial charge in [0.15, 0.2) is 0 Å². The van der Waals surface area contributed by atoms with E-state index in [2.05, 4.69) is 27.8 Å². The first kappa shape index (κ1) is 27.7. The van der Waals surface area contributed by atoms with E-state index < -0.39 is 6.04 Å². The van der Waals surface area contributed by atoms with E-state index in [9.17, 15) is 14.4 Å². The first-order valence-electron chi connectivity index (χ1n) is 12.4. The Hall–Kier alpha value is -2.53. The van der Waals surface area contributed by atoms with Crippen molar-refractivity contribution in [3.05, 3.63) is 34.9 Å². The molecule has 7 nitrogen and oxygen atoms in total. The van der Waals surface area contributed by atoms with E-state index in [0.29, 0.717) is 37.0 Å². The van der Waals surface area contributed by atoms with E-state index in [0.717, 1.165) is 43.1 Å². The van der Waals surface area contributed by atoms with Crippen LogP contribution < -0.4 is 16.0 Å². The number of hydrogen-bond acceptors (Lipinski definition) is 6. The minimum absolute atomic E-state index is 0.146. The van der Waals surface area contributed by atoms with E-state index in [1.807, 2.05) is 31.1 Å². The highest BCUT2D eigenvalue weighted by Crippen LogP contribution is 2.19. The number of benzene rings is 1. The fourth-order valence-electron chi connectivity index (χ4n) is 4.54. The predicted molar refractivity (Wildman–Crippen MR) is 136 cm³/mol. The summed E-state index contributed by atoms with van der Waals surface area (Å²) in [4.78, 5) is 36.7. The largest absolute Gasteiger partial charge is 0.358 e. The minimum atomic E-state index is -0.454. The maximum atomic E-state index is 12.3. The minimum Gasteiger partial charge on any atom is -0.358 e. The predicted octanol–water partition coefficient (Wildman–Crippen LogP) is 2.28. The number of nitrogens with one attached hydrogen (secondary N) is 3. The maximum Gasteiger partial charge on any atom is 0.237 e. The second kappa shape index (κ2) is 15.4. The summed E-state index contributed by atoms with van der Waals surface area (Å²) in [5.41, 5.74) is 2.19. The molecule has 186 valence electrons. The van der Waals surface area contributed by atoms with Crippen molar-refractivity contribution in [3.63, 3.8) is 0 Å². The second-order valence-corrected chi connectivity index (χ2v) is 8.98. The molecule has 0 aromatic heterocycles. The molecule has 1 amide bonds. The summed E-state index contributed by atoms with van der Waals surface area (Å²) in [5.74, 6) is 6.35. The van der Waals surface area contributed by atoms with Crippen molar-refractivity contribution in [1.29, 1.82) is 0 Å². The van der Waals surface area contributed by atoms with E-state index in [1.165, 1.54) is 25.7 Å². The number of nitrogens with zero attached hydrogens (tertiary/aromatic N) is 1. The molecule has 1 aromatic rings. The van der Waals surface area contributed by atoms with E-state index in [1.54, 1.807) is 13.1 Å². The van der Waals surface area contributed by atoms with Gasteiger partial charge in [-0.05, 0) is 70.8 Å². The monoisotopic (exact) mass is 468 g/mol. The molecule has 1 aliphatic rings. The molecular formula is C27H40N4O3. The second-order valence-electron chi connectivity index (χ2n) is 8.98. The Morgan fingerprint density at radius 2 is 1.91 bits per heavy atom. The van der Waals surface area contributed by atoms with Crippen molar-refractivity contribution in [2.45, 2.75) is 76.0 Å². The molecule has 0 heterocycles.